The van der Waals surface area contributed by atoms with E-state index in [1.807, 2.05) is 49.4 Å². The van der Waals surface area contributed by atoms with E-state index in [4.69, 9.17) is 4.74 Å². The Morgan fingerprint density at radius 1 is 1.05 bits per heavy atom. The predicted molar refractivity (Wildman–Crippen MR) is 76.4 cm³/mol. The van der Waals surface area contributed by atoms with Crippen LogP contribution in [-0.4, -0.2) is 19.1 Å². The van der Waals surface area contributed by atoms with Crippen molar-refractivity contribution in [1.82, 2.24) is 0 Å². The number of rotatable bonds is 5. The van der Waals surface area contributed by atoms with Gasteiger partial charge in [0.05, 0.1) is 0 Å². The third-order valence-corrected chi connectivity index (χ3v) is 2.88. The fourth-order valence-corrected chi connectivity index (χ4v) is 1.79. The van der Waals surface area contributed by atoms with Crippen molar-refractivity contribution < 1.29 is 9.53 Å². The first-order valence-electron chi connectivity index (χ1n) is 6.16. The lowest BCUT2D eigenvalue weighted by Gasteiger charge is -2.17. The molecule has 98 valence electrons. The second-order valence-electron chi connectivity index (χ2n) is 4.36. The van der Waals surface area contributed by atoms with Gasteiger partial charge in [-0.2, -0.15) is 0 Å². The Kier molecular flexibility index (Phi) is 4.31. The van der Waals surface area contributed by atoms with Gasteiger partial charge < -0.3 is 10.1 Å². The Balaban J connectivity index is 2.12. The molecule has 0 fully saturated rings. The molecule has 2 aromatic rings. The first kappa shape index (κ1) is 13.3. The van der Waals surface area contributed by atoms with Crippen molar-refractivity contribution in [1.29, 1.82) is 0 Å². The fraction of sp³-hybridized carbons (Fsp3) is 0.188. The van der Waals surface area contributed by atoms with Gasteiger partial charge in [0.15, 0.2) is 6.23 Å². The zero-order valence-electron chi connectivity index (χ0n) is 11.1. The van der Waals surface area contributed by atoms with E-state index in [1.54, 1.807) is 12.1 Å². The van der Waals surface area contributed by atoms with Gasteiger partial charge in [0.25, 0.3) is 0 Å². The normalized spacial score (nSPS) is 11.9. The molecule has 2 aromatic carbocycles. The number of benzene rings is 2. The molecule has 0 radical (unpaired) electrons. The van der Waals surface area contributed by atoms with Crippen LogP contribution in [0.2, 0.25) is 0 Å². The van der Waals surface area contributed by atoms with E-state index >= 15 is 0 Å². The summed E-state index contributed by atoms with van der Waals surface area (Å²) in [5.74, 6) is -0.0799. The molecule has 19 heavy (non-hydrogen) atoms. The summed E-state index contributed by atoms with van der Waals surface area (Å²) in [6, 6.07) is 17.0. The molecule has 0 bridgehead atoms. The molecule has 2 rings (SSSR count). The average Bonchev–Trinajstić information content (AvgIpc) is 2.47. The first-order chi connectivity index (χ1) is 9.20. The van der Waals surface area contributed by atoms with Gasteiger partial charge in [-0.25, -0.2) is 0 Å². The summed E-state index contributed by atoms with van der Waals surface area (Å²) in [5, 5.41) is 3.08. The van der Waals surface area contributed by atoms with Crippen LogP contribution in [0.4, 0.5) is 5.69 Å². The molecule has 0 aliphatic rings. The van der Waals surface area contributed by atoms with E-state index in [2.05, 4.69) is 5.32 Å². The van der Waals surface area contributed by atoms with Crippen LogP contribution in [0.3, 0.4) is 0 Å². The van der Waals surface area contributed by atoms with E-state index < -0.39 is 6.23 Å². The van der Waals surface area contributed by atoms with Crippen molar-refractivity contribution in [3.63, 3.8) is 0 Å². The molecule has 0 amide bonds. The highest BCUT2D eigenvalue weighted by molar-refractivity contribution is 6.00. The van der Waals surface area contributed by atoms with Crippen LogP contribution in [-0.2, 0) is 4.74 Å². The minimum absolute atomic E-state index is 0.0799. The van der Waals surface area contributed by atoms with Crippen LogP contribution in [0, 0.1) is 6.92 Å². The average molecular weight is 255 g/mol. The van der Waals surface area contributed by atoms with Crippen molar-refractivity contribution in [2.24, 2.45) is 0 Å². The highest BCUT2D eigenvalue weighted by Gasteiger charge is 2.18. The Morgan fingerprint density at radius 2 is 1.68 bits per heavy atom. The number of carbonyl (C=O) groups is 1. The Morgan fingerprint density at radius 3 is 2.26 bits per heavy atom. The number of ether oxygens (including phenoxy) is 1. The molecule has 1 N–H and O–H groups in total. The molecular weight excluding hydrogens is 238 g/mol. The van der Waals surface area contributed by atoms with Crippen molar-refractivity contribution in [3.8, 4) is 0 Å². The lowest BCUT2D eigenvalue weighted by atomic mass is 10.1. The SMILES string of the molecule is COC(Nc1ccc(C)cc1)C(=O)c1ccccc1. The van der Waals surface area contributed by atoms with Gasteiger partial charge in [-0.05, 0) is 19.1 Å². The Hall–Kier alpha value is -2.13. The summed E-state index contributed by atoms with van der Waals surface area (Å²) in [7, 11) is 1.52. The number of carbonyl (C=O) groups excluding carboxylic acids is 1. The molecule has 3 nitrogen and oxygen atoms in total. The lowest BCUT2D eigenvalue weighted by molar-refractivity contribution is 0.0677. The minimum Gasteiger partial charge on any atom is -0.354 e. The van der Waals surface area contributed by atoms with Crippen LogP contribution < -0.4 is 5.32 Å². The van der Waals surface area contributed by atoms with Gasteiger partial charge in [-0.1, -0.05) is 48.0 Å². The van der Waals surface area contributed by atoms with Crippen molar-refractivity contribution in [2.75, 3.05) is 12.4 Å². The standard InChI is InChI=1S/C16H17NO2/c1-12-8-10-14(11-9-12)17-16(19-2)15(18)13-6-4-3-5-7-13/h3-11,16-17H,1-2H3. The van der Waals surface area contributed by atoms with Crippen LogP contribution in [0.1, 0.15) is 15.9 Å². The summed E-state index contributed by atoms with van der Waals surface area (Å²) in [6.07, 6.45) is -0.676. The summed E-state index contributed by atoms with van der Waals surface area (Å²) >= 11 is 0. The smallest absolute Gasteiger partial charge is 0.211 e. The third kappa shape index (κ3) is 3.42. The summed E-state index contributed by atoms with van der Waals surface area (Å²) in [4.78, 5) is 12.3. The predicted octanol–water partition coefficient (Wildman–Crippen LogP) is 3.26. The maximum absolute atomic E-state index is 12.3. The largest absolute Gasteiger partial charge is 0.354 e. The number of anilines is 1. The second kappa shape index (κ2) is 6.16. The number of Topliss-reactive ketones (excluding diaryl/α,β-unsaturated/α-hetero) is 1. The molecule has 0 saturated heterocycles. The fourth-order valence-electron chi connectivity index (χ4n) is 1.79. The monoisotopic (exact) mass is 255 g/mol. The van der Waals surface area contributed by atoms with Crippen molar-refractivity contribution >= 4 is 11.5 Å². The highest BCUT2D eigenvalue weighted by atomic mass is 16.5. The highest BCUT2D eigenvalue weighted by Crippen LogP contribution is 2.13. The number of methoxy groups -OCH3 is 1. The van der Waals surface area contributed by atoms with E-state index in [9.17, 15) is 4.79 Å². The molecule has 0 heterocycles. The van der Waals surface area contributed by atoms with E-state index in [1.165, 1.54) is 12.7 Å². The van der Waals surface area contributed by atoms with Gasteiger partial charge in [0.1, 0.15) is 0 Å². The number of ketones is 1. The van der Waals surface area contributed by atoms with E-state index in [0.717, 1.165) is 5.69 Å². The second-order valence-corrected chi connectivity index (χ2v) is 4.36. The Bertz CT molecular complexity index is 534. The van der Waals surface area contributed by atoms with Crippen LogP contribution in [0.5, 0.6) is 0 Å². The Labute approximate surface area is 113 Å². The zero-order valence-corrected chi connectivity index (χ0v) is 11.1. The number of hydrogen-bond acceptors (Lipinski definition) is 3. The molecule has 0 aliphatic heterocycles. The zero-order chi connectivity index (χ0) is 13.7. The van der Waals surface area contributed by atoms with Crippen molar-refractivity contribution in [2.45, 2.75) is 13.2 Å². The maximum atomic E-state index is 12.3. The van der Waals surface area contributed by atoms with Gasteiger partial charge in [0, 0.05) is 18.4 Å². The van der Waals surface area contributed by atoms with E-state index in [0.29, 0.717) is 5.56 Å². The van der Waals surface area contributed by atoms with Gasteiger partial charge in [-0.15, -0.1) is 0 Å². The molecule has 1 unspecified atom stereocenters. The molecule has 3 heteroatoms. The van der Waals surface area contributed by atoms with Crippen LogP contribution in [0.15, 0.2) is 54.6 Å². The first-order valence-corrected chi connectivity index (χ1v) is 6.16. The summed E-state index contributed by atoms with van der Waals surface area (Å²) in [6.45, 7) is 2.02. The molecular formula is C16H17NO2. The topological polar surface area (TPSA) is 38.3 Å². The number of nitrogens with one attached hydrogen (secondary N) is 1. The third-order valence-electron chi connectivity index (χ3n) is 2.88. The van der Waals surface area contributed by atoms with Crippen molar-refractivity contribution in [3.05, 3.63) is 65.7 Å². The molecule has 0 aliphatic carbocycles. The molecule has 0 saturated carbocycles. The van der Waals surface area contributed by atoms with Crippen LogP contribution >= 0.6 is 0 Å². The van der Waals surface area contributed by atoms with Gasteiger partial charge in [0.2, 0.25) is 5.78 Å². The molecule has 0 spiro atoms. The lowest BCUT2D eigenvalue weighted by Crippen LogP contribution is -2.31. The van der Waals surface area contributed by atoms with Crippen LogP contribution in [0.25, 0.3) is 0 Å². The molecule has 1 atom stereocenters. The number of aryl methyl sites for hydroxylation is 1. The number of hydrogen-bond donors (Lipinski definition) is 1. The van der Waals surface area contributed by atoms with Gasteiger partial charge in [-0.3, -0.25) is 4.79 Å². The van der Waals surface area contributed by atoms with Gasteiger partial charge >= 0.3 is 0 Å². The summed E-state index contributed by atoms with van der Waals surface area (Å²) in [5.41, 5.74) is 2.67. The summed E-state index contributed by atoms with van der Waals surface area (Å²) < 4.78 is 5.24. The quantitative estimate of drug-likeness (QED) is 0.658. The van der Waals surface area contributed by atoms with E-state index in [-0.39, 0.29) is 5.78 Å². The molecule has 0 aromatic heterocycles. The maximum Gasteiger partial charge on any atom is 0.211 e. The minimum atomic E-state index is -0.676.